The Kier molecular flexibility index (Phi) is 1.78. The molecule has 0 fully saturated rings. The molecule has 0 amide bonds. The first-order chi connectivity index (χ1) is 5.81. The molecule has 0 spiro atoms. The van der Waals surface area contributed by atoms with Gasteiger partial charge in [-0.25, -0.2) is 9.97 Å². The molecule has 0 N–H and O–H groups in total. The number of carbonyl (C=O) groups excluding carboxylic acids is 1. The van der Waals surface area contributed by atoms with E-state index < -0.39 is 0 Å². The summed E-state index contributed by atoms with van der Waals surface area (Å²) in [4.78, 5) is 19.5. The molecular weight excluding hydrogens is 196 g/mol. The zero-order valence-electron chi connectivity index (χ0n) is 5.82. The van der Waals surface area contributed by atoms with Gasteiger partial charge < -0.3 is 0 Å². The maximum atomic E-state index is 10.4. The van der Waals surface area contributed by atoms with Crippen molar-refractivity contribution < 1.29 is 4.79 Å². The van der Waals surface area contributed by atoms with Crippen molar-refractivity contribution >= 4 is 39.4 Å². The zero-order chi connectivity index (χ0) is 8.55. The Hall–Kier alpha value is -1.00. The second kappa shape index (κ2) is 2.80. The smallest absolute Gasteiger partial charge is 0.160 e. The van der Waals surface area contributed by atoms with Gasteiger partial charge in [0.05, 0.1) is 4.88 Å². The van der Waals surface area contributed by atoms with E-state index in [0.29, 0.717) is 10.0 Å². The monoisotopic (exact) mass is 198 g/mol. The molecule has 2 rings (SSSR count). The number of thiophene rings is 1. The van der Waals surface area contributed by atoms with Gasteiger partial charge in [0.25, 0.3) is 0 Å². The first kappa shape index (κ1) is 7.64. The molecule has 0 atom stereocenters. The third-order valence-corrected chi connectivity index (χ3v) is 2.69. The summed E-state index contributed by atoms with van der Waals surface area (Å²) in [6, 6.07) is 1.69. The van der Waals surface area contributed by atoms with E-state index in [4.69, 9.17) is 11.6 Å². The van der Waals surface area contributed by atoms with Crippen molar-refractivity contribution in [2.24, 2.45) is 0 Å². The van der Waals surface area contributed by atoms with Crippen molar-refractivity contribution in [2.45, 2.75) is 0 Å². The summed E-state index contributed by atoms with van der Waals surface area (Å²) in [7, 11) is 0. The van der Waals surface area contributed by atoms with Gasteiger partial charge in [0, 0.05) is 5.39 Å². The van der Waals surface area contributed by atoms with Crippen molar-refractivity contribution in [3.05, 3.63) is 22.4 Å². The van der Waals surface area contributed by atoms with Crippen LogP contribution in [0.5, 0.6) is 0 Å². The zero-order valence-corrected chi connectivity index (χ0v) is 7.39. The third kappa shape index (κ3) is 1.09. The predicted molar refractivity (Wildman–Crippen MR) is 47.8 cm³/mol. The van der Waals surface area contributed by atoms with E-state index in [1.165, 1.54) is 17.7 Å². The fourth-order valence-electron chi connectivity index (χ4n) is 0.903. The minimum absolute atomic E-state index is 0.393. The number of hydrogen-bond acceptors (Lipinski definition) is 4. The van der Waals surface area contributed by atoms with Crippen LogP contribution in [0.2, 0.25) is 5.15 Å². The summed E-state index contributed by atoms with van der Waals surface area (Å²) in [6.07, 6.45) is 2.17. The van der Waals surface area contributed by atoms with Gasteiger partial charge in [0.2, 0.25) is 0 Å². The summed E-state index contributed by atoms with van der Waals surface area (Å²) in [5.74, 6) is 0. The van der Waals surface area contributed by atoms with Gasteiger partial charge in [-0.1, -0.05) is 11.6 Å². The lowest BCUT2D eigenvalue weighted by molar-refractivity contribution is 0.112. The van der Waals surface area contributed by atoms with Gasteiger partial charge in [0.15, 0.2) is 6.29 Å². The van der Waals surface area contributed by atoms with Gasteiger partial charge in [-0.05, 0) is 6.07 Å². The first-order valence-electron chi connectivity index (χ1n) is 3.16. The number of hydrogen-bond donors (Lipinski definition) is 0. The van der Waals surface area contributed by atoms with Gasteiger partial charge in [0.1, 0.15) is 16.3 Å². The fraction of sp³-hybridized carbons (Fsp3) is 0. The number of aldehydes is 1. The van der Waals surface area contributed by atoms with Gasteiger partial charge >= 0.3 is 0 Å². The van der Waals surface area contributed by atoms with Crippen LogP contribution in [0.25, 0.3) is 10.2 Å². The highest BCUT2D eigenvalue weighted by molar-refractivity contribution is 7.20. The van der Waals surface area contributed by atoms with E-state index in [9.17, 15) is 4.79 Å². The summed E-state index contributed by atoms with van der Waals surface area (Å²) in [5.41, 5.74) is 0. The number of nitrogens with zero attached hydrogens (tertiary/aromatic N) is 2. The van der Waals surface area contributed by atoms with Crippen LogP contribution < -0.4 is 0 Å². The molecule has 0 unspecified atom stereocenters. The van der Waals surface area contributed by atoms with Crippen LogP contribution in [0.4, 0.5) is 0 Å². The van der Waals surface area contributed by atoms with E-state index in [2.05, 4.69) is 9.97 Å². The molecule has 3 nitrogen and oxygen atoms in total. The molecule has 0 aliphatic carbocycles. The van der Waals surface area contributed by atoms with Crippen molar-refractivity contribution in [3.63, 3.8) is 0 Å². The molecule has 0 aliphatic rings. The molecule has 0 saturated heterocycles. The maximum Gasteiger partial charge on any atom is 0.160 e. The summed E-state index contributed by atoms with van der Waals surface area (Å²) in [6.45, 7) is 0. The Balaban J connectivity index is 2.82. The molecule has 2 aromatic rings. The number of halogens is 1. The Morgan fingerprint density at radius 3 is 3.00 bits per heavy atom. The highest BCUT2D eigenvalue weighted by Crippen LogP contribution is 2.26. The van der Waals surface area contributed by atoms with E-state index in [1.54, 1.807) is 6.07 Å². The van der Waals surface area contributed by atoms with Crippen LogP contribution in [-0.4, -0.2) is 16.3 Å². The van der Waals surface area contributed by atoms with Crippen molar-refractivity contribution in [1.29, 1.82) is 0 Å². The van der Waals surface area contributed by atoms with Crippen LogP contribution in [-0.2, 0) is 0 Å². The Morgan fingerprint density at radius 2 is 2.33 bits per heavy atom. The molecule has 0 radical (unpaired) electrons. The van der Waals surface area contributed by atoms with Gasteiger partial charge in [-0.15, -0.1) is 11.3 Å². The number of aromatic nitrogens is 2. The van der Waals surface area contributed by atoms with Crippen LogP contribution in [0.1, 0.15) is 9.67 Å². The van der Waals surface area contributed by atoms with E-state index >= 15 is 0 Å². The molecule has 0 saturated carbocycles. The fourth-order valence-corrected chi connectivity index (χ4v) is 1.96. The molecule has 12 heavy (non-hydrogen) atoms. The molecule has 0 aromatic carbocycles. The number of carbonyl (C=O) groups is 1. The average molecular weight is 199 g/mol. The number of rotatable bonds is 1. The topological polar surface area (TPSA) is 42.9 Å². The first-order valence-corrected chi connectivity index (χ1v) is 4.36. The third-order valence-electron chi connectivity index (χ3n) is 1.42. The molecular formula is C7H3ClN2OS. The minimum Gasteiger partial charge on any atom is -0.297 e. The van der Waals surface area contributed by atoms with Crippen LogP contribution in [0.15, 0.2) is 12.4 Å². The van der Waals surface area contributed by atoms with Crippen molar-refractivity contribution in [1.82, 2.24) is 9.97 Å². The molecule has 60 valence electrons. The van der Waals surface area contributed by atoms with Crippen LogP contribution >= 0.6 is 22.9 Å². The Bertz CT molecular complexity index is 440. The van der Waals surface area contributed by atoms with Crippen LogP contribution in [0, 0.1) is 0 Å². The molecule has 5 heteroatoms. The lowest BCUT2D eigenvalue weighted by Gasteiger charge is -1.87. The summed E-state index contributed by atoms with van der Waals surface area (Å²) < 4.78 is 0. The number of fused-ring (bicyclic) bond motifs is 1. The predicted octanol–water partition coefficient (Wildman–Crippen LogP) is 2.16. The van der Waals surface area contributed by atoms with Crippen molar-refractivity contribution in [3.8, 4) is 0 Å². The lowest BCUT2D eigenvalue weighted by Crippen LogP contribution is -1.76. The standard InChI is InChI=1S/C7H3ClN2OS/c8-6-5-1-4(2-11)12-7(5)10-3-9-6/h1-3H. The van der Waals surface area contributed by atoms with Gasteiger partial charge in [-0.2, -0.15) is 0 Å². The van der Waals surface area contributed by atoms with E-state index in [-0.39, 0.29) is 0 Å². The van der Waals surface area contributed by atoms with E-state index in [1.807, 2.05) is 0 Å². The summed E-state index contributed by atoms with van der Waals surface area (Å²) >= 11 is 7.07. The molecule has 2 aromatic heterocycles. The Morgan fingerprint density at radius 1 is 1.50 bits per heavy atom. The molecule has 2 heterocycles. The molecule has 0 aliphatic heterocycles. The lowest BCUT2D eigenvalue weighted by atomic mass is 10.4. The largest absolute Gasteiger partial charge is 0.297 e. The van der Waals surface area contributed by atoms with Crippen LogP contribution in [0.3, 0.4) is 0 Å². The minimum atomic E-state index is 0.393. The second-order valence-corrected chi connectivity index (χ2v) is 3.57. The van der Waals surface area contributed by atoms with E-state index in [0.717, 1.165) is 16.5 Å². The van der Waals surface area contributed by atoms with Crippen molar-refractivity contribution in [2.75, 3.05) is 0 Å². The normalized spacial score (nSPS) is 10.4. The highest BCUT2D eigenvalue weighted by atomic mass is 35.5. The second-order valence-electron chi connectivity index (χ2n) is 2.15. The SMILES string of the molecule is O=Cc1cc2c(Cl)ncnc2s1. The maximum absolute atomic E-state index is 10.4. The summed E-state index contributed by atoms with van der Waals surface area (Å²) in [5, 5.41) is 1.13. The quantitative estimate of drug-likeness (QED) is 0.521. The molecule has 0 bridgehead atoms. The van der Waals surface area contributed by atoms with Gasteiger partial charge in [-0.3, -0.25) is 4.79 Å². The highest BCUT2D eigenvalue weighted by Gasteiger charge is 2.05. The Labute approximate surface area is 77.0 Å². The average Bonchev–Trinajstić information content (AvgIpc) is 2.49.